The first kappa shape index (κ1) is 78.9. The van der Waals surface area contributed by atoms with Crippen molar-refractivity contribution >= 4 is 122 Å². The van der Waals surface area contributed by atoms with Crippen LogP contribution in [0.4, 0.5) is 56.1 Å². The van der Waals surface area contributed by atoms with Crippen LogP contribution in [-0.2, 0) is 54.2 Å². The molecule has 3 heterocycles. The standard InChI is InChI=1S/C29H27ClF3N3O2.C28H27ClFN3O2.C27H25ClFN3O2/c1-28(2,3)16-25(37)34-20-11-8-17(9-12-20)26-21-15-19(30)10-13-23(21)36-27(38)24(35-26)14-18-6-4-5-7-22(18)29(31,32)33;1-28(2,3)16-25(34)31-20-11-8-17(9-12-20)26-21-15-19(29)10-13-23(21)33-27(35)24(32-26)14-18-6-4-5-7-22(18)30;1-16(2)13-25(33)30-20-10-7-17(8-11-20)26-21-15-19(28)9-12-23(21)32-27(34)24(31-26)14-18-5-3-4-6-22(18)29/h4-13,15,24H,14,16H2,1-3H3,(H,34,37)(H,36,38);4-13,15,24H,14,16H2,1-3H3,(H,31,34)(H,33,35);3-12,15-16,24H,13-14H2,1-2H3,(H,30,33)(H,32,34). The van der Waals surface area contributed by atoms with Gasteiger partial charge in [-0.25, -0.2) is 8.78 Å². The van der Waals surface area contributed by atoms with Gasteiger partial charge >= 0.3 is 6.18 Å². The number of hydrogen-bond donors (Lipinski definition) is 6. The van der Waals surface area contributed by atoms with Crippen molar-refractivity contribution in [1.29, 1.82) is 0 Å². The summed E-state index contributed by atoms with van der Waals surface area (Å²) in [4.78, 5) is 90.1. The number of aliphatic imine (C=N–C) groups is 3. The van der Waals surface area contributed by atoms with Crippen molar-refractivity contribution in [2.75, 3.05) is 31.9 Å². The molecular weight excluding hydrogens is 1430 g/mol. The van der Waals surface area contributed by atoms with Crippen LogP contribution in [0.1, 0.15) is 130 Å². The lowest BCUT2D eigenvalue weighted by Crippen LogP contribution is -2.28. The molecule has 6 N–H and O–H groups in total. The van der Waals surface area contributed by atoms with Gasteiger partial charge in [-0.05, 0) is 143 Å². The summed E-state index contributed by atoms with van der Waals surface area (Å²) in [5.41, 5.74) is 8.81. The number of nitrogens with one attached hydrogen (secondary N) is 6. The van der Waals surface area contributed by atoms with Gasteiger partial charge in [0.25, 0.3) is 0 Å². The minimum Gasteiger partial charge on any atom is -0.326 e. The maximum atomic E-state index is 14.3. The Labute approximate surface area is 633 Å². The van der Waals surface area contributed by atoms with E-state index in [9.17, 15) is 50.7 Å². The number of amides is 6. The topological polar surface area (TPSA) is 212 Å². The number of alkyl halides is 3. The fraction of sp³-hybridized carbons (Fsp3) is 0.250. The lowest BCUT2D eigenvalue weighted by atomic mass is 9.92. The zero-order valence-electron chi connectivity index (χ0n) is 59.9. The number of carbonyl (C=O) groups excluding carboxylic acids is 6. The Morgan fingerprint density at radius 1 is 0.421 bits per heavy atom. The van der Waals surface area contributed by atoms with Crippen molar-refractivity contribution in [3.63, 3.8) is 0 Å². The Bertz CT molecular complexity index is 4920. The third kappa shape index (κ3) is 21.8. The molecule has 0 aromatic heterocycles. The number of rotatable bonds is 16. The van der Waals surface area contributed by atoms with Gasteiger partial charge in [0.05, 0.1) is 39.8 Å². The summed E-state index contributed by atoms with van der Waals surface area (Å²) < 4.78 is 69.5. The molecule has 0 aliphatic carbocycles. The Morgan fingerprint density at radius 2 is 0.720 bits per heavy atom. The quantitative estimate of drug-likeness (QED) is 0.0518. The summed E-state index contributed by atoms with van der Waals surface area (Å²) >= 11 is 18.8. The summed E-state index contributed by atoms with van der Waals surface area (Å²) in [5.74, 6) is -1.88. The molecule has 15 nitrogen and oxygen atoms in total. The summed E-state index contributed by atoms with van der Waals surface area (Å²) in [6.45, 7) is 15.9. The third-order valence-electron chi connectivity index (χ3n) is 17.0. The van der Waals surface area contributed by atoms with E-state index in [0.29, 0.717) is 119 Å². The number of carbonyl (C=O) groups is 6. The minimum absolute atomic E-state index is 0.0239. The number of benzene rings is 9. The van der Waals surface area contributed by atoms with Gasteiger partial charge in [0.15, 0.2) is 0 Å². The van der Waals surface area contributed by atoms with E-state index in [0.717, 1.165) is 17.2 Å². The van der Waals surface area contributed by atoms with Crippen LogP contribution in [0.5, 0.6) is 0 Å². The number of fused-ring (bicyclic) bond motifs is 3. The van der Waals surface area contributed by atoms with Gasteiger partial charge in [0.1, 0.15) is 29.8 Å². The van der Waals surface area contributed by atoms with Gasteiger partial charge in [-0.2, -0.15) is 13.2 Å². The van der Waals surface area contributed by atoms with Gasteiger partial charge in [0, 0.05) is 104 Å². The van der Waals surface area contributed by atoms with E-state index in [1.807, 2.05) is 79.7 Å². The van der Waals surface area contributed by atoms with Crippen LogP contribution in [0.15, 0.2) is 215 Å². The van der Waals surface area contributed by atoms with Crippen molar-refractivity contribution in [2.24, 2.45) is 31.7 Å². The second-order valence-corrected chi connectivity index (χ2v) is 30.2. The first-order valence-corrected chi connectivity index (χ1v) is 35.7. The summed E-state index contributed by atoms with van der Waals surface area (Å²) in [6, 6.07) is 51.9. The first-order valence-electron chi connectivity index (χ1n) is 34.6. The highest BCUT2D eigenvalue weighted by Gasteiger charge is 2.36. The van der Waals surface area contributed by atoms with Crippen molar-refractivity contribution in [3.8, 4) is 0 Å². The highest BCUT2D eigenvalue weighted by atomic mass is 35.5. The van der Waals surface area contributed by atoms with Crippen molar-refractivity contribution in [3.05, 3.63) is 283 Å². The van der Waals surface area contributed by atoms with Crippen molar-refractivity contribution in [1.82, 2.24) is 0 Å². The monoisotopic (exact) mass is 1510 g/mol. The molecule has 3 atom stereocenters. The second kappa shape index (κ2) is 34.3. The first-order chi connectivity index (χ1) is 50.7. The van der Waals surface area contributed by atoms with Gasteiger partial charge in [-0.1, -0.05) is 181 Å². The van der Waals surface area contributed by atoms with Crippen LogP contribution in [0.3, 0.4) is 0 Å². The fourth-order valence-electron chi connectivity index (χ4n) is 12.1. The predicted molar refractivity (Wildman–Crippen MR) is 417 cm³/mol. The normalized spacial score (nSPS) is 15.5. The molecule has 0 radical (unpaired) electrons. The Balaban J connectivity index is 0.000000172. The van der Waals surface area contributed by atoms with E-state index in [2.05, 4.69) is 36.9 Å². The van der Waals surface area contributed by atoms with Crippen molar-refractivity contribution < 1.29 is 50.7 Å². The molecule has 0 fully saturated rings. The number of hydrogen-bond acceptors (Lipinski definition) is 9. The Kier molecular flexibility index (Phi) is 25.3. The number of anilines is 6. The maximum Gasteiger partial charge on any atom is 0.416 e. The van der Waals surface area contributed by atoms with Gasteiger partial charge in [-0.15, -0.1) is 0 Å². The summed E-state index contributed by atoms with van der Waals surface area (Å²) in [5, 5.41) is 18.7. The van der Waals surface area contributed by atoms with Gasteiger partial charge in [0.2, 0.25) is 35.4 Å². The molecule has 12 rings (SSSR count). The van der Waals surface area contributed by atoms with Crippen LogP contribution in [-0.4, -0.2) is 70.7 Å². The highest BCUT2D eigenvalue weighted by molar-refractivity contribution is 6.33. The largest absolute Gasteiger partial charge is 0.416 e. The molecule has 552 valence electrons. The average molecular weight is 1510 g/mol. The molecule has 0 saturated carbocycles. The van der Waals surface area contributed by atoms with E-state index in [1.165, 1.54) is 30.3 Å². The molecule has 3 unspecified atom stereocenters. The summed E-state index contributed by atoms with van der Waals surface area (Å²) in [6.07, 6.45) is -3.38. The lowest BCUT2D eigenvalue weighted by molar-refractivity contribution is -0.138. The van der Waals surface area contributed by atoms with Crippen LogP contribution >= 0.6 is 34.8 Å². The van der Waals surface area contributed by atoms with Crippen LogP contribution in [0.25, 0.3) is 0 Å². The molecular formula is C84H79Cl3F5N9O6. The zero-order valence-corrected chi connectivity index (χ0v) is 62.2. The number of benzodiazepines with no additional fused rings is 3. The molecule has 3 aliphatic heterocycles. The average Bonchev–Trinajstić information content (AvgIpc) is 1.72. The van der Waals surface area contributed by atoms with E-state index >= 15 is 0 Å². The molecule has 107 heavy (non-hydrogen) atoms. The number of halogens is 8. The maximum absolute atomic E-state index is 14.3. The SMILES string of the molecule is CC(C)(C)CC(=O)Nc1ccc(C2=NC(Cc3ccccc3C(F)(F)F)C(=O)Nc3ccc(Cl)cc32)cc1.CC(C)(C)CC(=O)Nc1ccc(C2=NC(Cc3ccccc3F)C(=O)Nc3ccc(Cl)cc32)cc1.CC(C)CC(=O)Nc1ccc(C2=NC(Cc3ccccc3F)C(=O)Nc3ccc(Cl)cc32)cc1. The molecule has 9 aromatic carbocycles. The van der Waals surface area contributed by atoms with E-state index in [4.69, 9.17) is 44.8 Å². The van der Waals surface area contributed by atoms with Crippen LogP contribution < -0.4 is 31.9 Å². The zero-order chi connectivity index (χ0) is 77.1. The highest BCUT2D eigenvalue weighted by Crippen LogP contribution is 2.36. The minimum atomic E-state index is -4.56. The fourth-order valence-corrected chi connectivity index (χ4v) is 12.6. The van der Waals surface area contributed by atoms with E-state index in [1.54, 1.807) is 140 Å². The van der Waals surface area contributed by atoms with Gasteiger partial charge in [-0.3, -0.25) is 43.7 Å². The molecule has 0 saturated heterocycles. The Hall–Kier alpha value is -10.7. The molecule has 23 heteroatoms. The van der Waals surface area contributed by atoms with E-state index < -0.39 is 35.8 Å². The Morgan fingerprint density at radius 3 is 1.03 bits per heavy atom. The predicted octanol–water partition coefficient (Wildman–Crippen LogP) is 19.3. The van der Waals surface area contributed by atoms with Crippen molar-refractivity contribution in [2.45, 2.75) is 118 Å². The molecule has 0 spiro atoms. The van der Waals surface area contributed by atoms with Gasteiger partial charge < -0.3 is 31.9 Å². The molecule has 3 aliphatic rings. The van der Waals surface area contributed by atoms with E-state index in [-0.39, 0.29) is 82.7 Å². The third-order valence-corrected chi connectivity index (χ3v) is 17.7. The lowest BCUT2D eigenvalue weighted by Gasteiger charge is -2.17. The molecule has 0 bridgehead atoms. The smallest absolute Gasteiger partial charge is 0.326 e. The molecule has 9 aromatic rings. The van der Waals surface area contributed by atoms with Crippen LogP contribution in [0, 0.1) is 28.4 Å². The number of nitrogens with zero attached hydrogens (tertiary/aromatic N) is 3. The van der Waals surface area contributed by atoms with Crippen LogP contribution in [0.2, 0.25) is 15.1 Å². The second-order valence-electron chi connectivity index (χ2n) is 28.9. The summed E-state index contributed by atoms with van der Waals surface area (Å²) in [7, 11) is 0. The molecule has 6 amide bonds.